The zero-order valence-corrected chi connectivity index (χ0v) is 10.6. The number of rotatable bonds is 3. The molecule has 5 heteroatoms. The summed E-state index contributed by atoms with van der Waals surface area (Å²) in [5.74, 6) is 0. The summed E-state index contributed by atoms with van der Waals surface area (Å²) in [5, 5.41) is 9.48. The standard InChI is InChI=1S/C13H11N3OS/c1-18-12-11(7-14)13(17)16(9-15-12)8-10-5-3-2-4-6-10/h2-6,9H,8H2,1H3. The van der Waals surface area contributed by atoms with Crippen LogP contribution in [0, 0.1) is 11.3 Å². The van der Waals surface area contributed by atoms with Crippen molar-refractivity contribution in [1.82, 2.24) is 9.55 Å². The first-order valence-corrected chi connectivity index (χ1v) is 6.56. The lowest BCUT2D eigenvalue weighted by atomic mass is 10.2. The lowest BCUT2D eigenvalue weighted by Crippen LogP contribution is -2.24. The van der Waals surface area contributed by atoms with Crippen molar-refractivity contribution in [1.29, 1.82) is 5.26 Å². The van der Waals surface area contributed by atoms with E-state index in [9.17, 15) is 4.79 Å². The highest BCUT2D eigenvalue weighted by Crippen LogP contribution is 2.12. The second-order valence-electron chi connectivity index (χ2n) is 3.66. The molecule has 1 heterocycles. The van der Waals surface area contributed by atoms with Crippen LogP contribution in [0.1, 0.15) is 11.1 Å². The lowest BCUT2D eigenvalue weighted by Gasteiger charge is -2.07. The fourth-order valence-electron chi connectivity index (χ4n) is 1.62. The highest BCUT2D eigenvalue weighted by molar-refractivity contribution is 7.98. The fraction of sp³-hybridized carbons (Fsp3) is 0.154. The van der Waals surface area contributed by atoms with Crippen LogP contribution in [-0.2, 0) is 6.54 Å². The molecule has 0 saturated carbocycles. The maximum absolute atomic E-state index is 12.1. The van der Waals surface area contributed by atoms with Gasteiger partial charge in [0.05, 0.1) is 12.9 Å². The third kappa shape index (κ3) is 2.44. The van der Waals surface area contributed by atoms with Crippen molar-refractivity contribution in [2.75, 3.05) is 6.26 Å². The summed E-state index contributed by atoms with van der Waals surface area (Å²) in [6, 6.07) is 11.5. The second kappa shape index (κ2) is 5.52. The van der Waals surface area contributed by atoms with E-state index in [2.05, 4.69) is 4.98 Å². The predicted octanol–water partition coefficient (Wildman–Crippen LogP) is 1.89. The van der Waals surface area contributed by atoms with Crippen molar-refractivity contribution in [2.24, 2.45) is 0 Å². The SMILES string of the molecule is CSc1ncn(Cc2ccccc2)c(=O)c1C#N. The van der Waals surface area contributed by atoms with Crippen LogP contribution in [0.25, 0.3) is 0 Å². The van der Waals surface area contributed by atoms with Crippen LogP contribution in [0.3, 0.4) is 0 Å². The van der Waals surface area contributed by atoms with Gasteiger partial charge < -0.3 is 0 Å². The molecule has 90 valence electrons. The van der Waals surface area contributed by atoms with Gasteiger partial charge in [-0.25, -0.2) is 4.98 Å². The van der Waals surface area contributed by atoms with Gasteiger partial charge in [-0.2, -0.15) is 5.26 Å². The highest BCUT2D eigenvalue weighted by atomic mass is 32.2. The molecule has 18 heavy (non-hydrogen) atoms. The molecule has 2 aromatic rings. The number of hydrogen-bond donors (Lipinski definition) is 0. The number of aromatic nitrogens is 2. The van der Waals surface area contributed by atoms with E-state index in [0.717, 1.165) is 5.56 Å². The molecule has 0 aliphatic heterocycles. The minimum Gasteiger partial charge on any atom is -0.294 e. The molecule has 1 aromatic heterocycles. The summed E-state index contributed by atoms with van der Waals surface area (Å²) in [6.45, 7) is 0.427. The molecule has 0 fully saturated rings. The molecule has 0 N–H and O–H groups in total. The molecule has 0 unspecified atom stereocenters. The Kier molecular flexibility index (Phi) is 3.80. The molecule has 1 aromatic carbocycles. The zero-order chi connectivity index (χ0) is 13.0. The maximum atomic E-state index is 12.1. The van der Waals surface area contributed by atoms with Crippen LogP contribution in [0.15, 0.2) is 46.5 Å². The molecule has 0 aliphatic rings. The highest BCUT2D eigenvalue weighted by Gasteiger charge is 2.10. The number of nitriles is 1. The van der Waals surface area contributed by atoms with Gasteiger partial charge in [0.1, 0.15) is 16.7 Å². The van der Waals surface area contributed by atoms with Crippen molar-refractivity contribution in [3.8, 4) is 6.07 Å². The minimum atomic E-state index is -0.291. The Morgan fingerprint density at radius 1 is 1.39 bits per heavy atom. The Hall–Kier alpha value is -2.06. The summed E-state index contributed by atoms with van der Waals surface area (Å²) < 4.78 is 1.45. The van der Waals surface area contributed by atoms with Gasteiger partial charge in [0, 0.05) is 0 Å². The van der Waals surface area contributed by atoms with E-state index < -0.39 is 0 Å². The Labute approximate surface area is 109 Å². The molecule has 0 saturated heterocycles. The predicted molar refractivity (Wildman–Crippen MR) is 70.5 cm³/mol. The largest absolute Gasteiger partial charge is 0.294 e. The molecular formula is C13H11N3OS. The third-order valence-electron chi connectivity index (χ3n) is 2.50. The van der Waals surface area contributed by atoms with Crippen LogP contribution >= 0.6 is 11.8 Å². The summed E-state index contributed by atoms with van der Waals surface area (Å²) >= 11 is 1.30. The Balaban J connectivity index is 2.42. The molecule has 0 amide bonds. The van der Waals surface area contributed by atoms with E-state index in [1.165, 1.54) is 22.7 Å². The summed E-state index contributed by atoms with van der Waals surface area (Å²) in [4.78, 5) is 16.2. The van der Waals surface area contributed by atoms with Crippen molar-refractivity contribution in [2.45, 2.75) is 11.6 Å². The van der Waals surface area contributed by atoms with Crippen LogP contribution in [-0.4, -0.2) is 15.8 Å². The smallest absolute Gasteiger partial charge is 0.272 e. The molecule has 0 spiro atoms. The van der Waals surface area contributed by atoms with Gasteiger partial charge in [-0.05, 0) is 11.8 Å². The van der Waals surface area contributed by atoms with E-state index in [4.69, 9.17) is 5.26 Å². The molecule has 0 atom stereocenters. The molecule has 0 radical (unpaired) electrons. The van der Waals surface area contributed by atoms with E-state index >= 15 is 0 Å². The Bertz CT molecular complexity index is 644. The average Bonchev–Trinajstić information content (AvgIpc) is 2.42. The van der Waals surface area contributed by atoms with Crippen LogP contribution in [0.2, 0.25) is 0 Å². The first kappa shape index (κ1) is 12.4. The van der Waals surface area contributed by atoms with Gasteiger partial charge in [0.15, 0.2) is 0 Å². The van der Waals surface area contributed by atoms with E-state index in [0.29, 0.717) is 11.6 Å². The summed E-state index contributed by atoms with van der Waals surface area (Å²) in [6.07, 6.45) is 3.28. The Morgan fingerprint density at radius 3 is 2.72 bits per heavy atom. The second-order valence-corrected chi connectivity index (χ2v) is 4.45. The quantitative estimate of drug-likeness (QED) is 0.622. The monoisotopic (exact) mass is 257 g/mol. The van der Waals surface area contributed by atoms with Crippen LogP contribution < -0.4 is 5.56 Å². The Morgan fingerprint density at radius 2 is 2.11 bits per heavy atom. The number of nitrogens with zero attached hydrogens (tertiary/aromatic N) is 3. The molecule has 2 rings (SSSR count). The van der Waals surface area contributed by atoms with E-state index in [1.807, 2.05) is 36.4 Å². The number of benzene rings is 1. The molecule has 0 bridgehead atoms. The molecular weight excluding hydrogens is 246 g/mol. The average molecular weight is 257 g/mol. The third-order valence-corrected chi connectivity index (χ3v) is 3.20. The van der Waals surface area contributed by atoms with Crippen molar-refractivity contribution in [3.63, 3.8) is 0 Å². The minimum absolute atomic E-state index is 0.112. The molecule has 4 nitrogen and oxygen atoms in total. The van der Waals surface area contributed by atoms with Gasteiger partial charge in [0.2, 0.25) is 0 Å². The summed E-state index contributed by atoms with van der Waals surface area (Å²) in [7, 11) is 0. The van der Waals surface area contributed by atoms with E-state index in [-0.39, 0.29) is 11.1 Å². The first-order valence-electron chi connectivity index (χ1n) is 5.33. The number of thioether (sulfide) groups is 1. The van der Waals surface area contributed by atoms with Gasteiger partial charge in [0.25, 0.3) is 5.56 Å². The van der Waals surface area contributed by atoms with E-state index in [1.54, 1.807) is 6.26 Å². The van der Waals surface area contributed by atoms with Crippen molar-refractivity contribution >= 4 is 11.8 Å². The maximum Gasteiger partial charge on any atom is 0.272 e. The van der Waals surface area contributed by atoms with Gasteiger partial charge in [-0.1, -0.05) is 30.3 Å². The van der Waals surface area contributed by atoms with Gasteiger partial charge in [-0.3, -0.25) is 9.36 Å². The molecule has 0 aliphatic carbocycles. The van der Waals surface area contributed by atoms with Crippen LogP contribution in [0.4, 0.5) is 0 Å². The van der Waals surface area contributed by atoms with Crippen molar-refractivity contribution in [3.05, 3.63) is 58.1 Å². The normalized spacial score (nSPS) is 10.0. The van der Waals surface area contributed by atoms with Crippen LogP contribution in [0.5, 0.6) is 0 Å². The fourth-order valence-corrected chi connectivity index (χ4v) is 2.11. The first-order chi connectivity index (χ1) is 8.76. The summed E-state index contributed by atoms with van der Waals surface area (Å²) in [5.41, 5.74) is 0.823. The topological polar surface area (TPSA) is 58.7 Å². The van der Waals surface area contributed by atoms with Gasteiger partial charge >= 0.3 is 0 Å². The lowest BCUT2D eigenvalue weighted by molar-refractivity contribution is 0.716. The number of hydrogen-bond acceptors (Lipinski definition) is 4. The zero-order valence-electron chi connectivity index (χ0n) is 9.83. The van der Waals surface area contributed by atoms with Gasteiger partial charge in [-0.15, -0.1) is 11.8 Å². The van der Waals surface area contributed by atoms with Crippen molar-refractivity contribution < 1.29 is 0 Å².